The molecule has 0 saturated heterocycles. The number of aromatic nitrogens is 3. The van der Waals surface area contributed by atoms with Crippen LogP contribution in [-0.4, -0.2) is 44.2 Å². The van der Waals surface area contributed by atoms with Crippen molar-refractivity contribution in [2.75, 3.05) is 23.3 Å². The van der Waals surface area contributed by atoms with E-state index in [0.717, 1.165) is 53.3 Å². The van der Waals surface area contributed by atoms with Gasteiger partial charge >= 0.3 is 0 Å². The summed E-state index contributed by atoms with van der Waals surface area (Å²) in [7, 11) is 1.95. The molecule has 1 aliphatic heterocycles. The molecule has 0 amide bonds. The summed E-state index contributed by atoms with van der Waals surface area (Å²) in [4.78, 5) is 7.06. The number of nitrogens with zero attached hydrogens (tertiary/aromatic N) is 4. The van der Waals surface area contributed by atoms with Gasteiger partial charge in [-0.1, -0.05) is 12.1 Å². The van der Waals surface area contributed by atoms with Gasteiger partial charge in [-0.3, -0.25) is 4.68 Å². The Morgan fingerprint density at radius 2 is 2.04 bits per heavy atom. The molecule has 0 spiro atoms. The van der Waals surface area contributed by atoms with Crippen LogP contribution in [0.25, 0.3) is 10.9 Å². The molecule has 0 aliphatic carbocycles. The minimum Gasteiger partial charge on any atom is -0.508 e. The van der Waals surface area contributed by atoms with Crippen molar-refractivity contribution in [3.63, 3.8) is 0 Å². The summed E-state index contributed by atoms with van der Waals surface area (Å²) < 4.78 is 1.90. The number of pyridine rings is 1. The van der Waals surface area contributed by atoms with Crippen molar-refractivity contribution >= 4 is 22.5 Å². The van der Waals surface area contributed by atoms with Crippen LogP contribution in [0.5, 0.6) is 5.75 Å². The number of phenols is 1. The largest absolute Gasteiger partial charge is 0.508 e. The third kappa shape index (κ3) is 3.06. The Labute approximate surface area is 151 Å². The van der Waals surface area contributed by atoms with Gasteiger partial charge in [0.25, 0.3) is 0 Å². The molecule has 1 aromatic carbocycles. The zero-order valence-corrected chi connectivity index (χ0v) is 15.0. The summed E-state index contributed by atoms with van der Waals surface area (Å²) in [5.41, 5.74) is 3.23. The lowest BCUT2D eigenvalue weighted by Crippen LogP contribution is -2.29. The SMILES string of the molecule is CC(O)CNc1cc2c3c(nn2C)CCN(Cc2ccc(O)cc2)c3n1. The van der Waals surface area contributed by atoms with Crippen LogP contribution in [0.1, 0.15) is 18.2 Å². The number of aryl methyl sites for hydroxylation is 1. The predicted octanol–water partition coefficient (Wildman–Crippen LogP) is 2.03. The second-order valence-corrected chi connectivity index (χ2v) is 6.86. The molecule has 3 N–H and O–H groups in total. The van der Waals surface area contributed by atoms with Gasteiger partial charge in [0.2, 0.25) is 0 Å². The van der Waals surface area contributed by atoms with E-state index in [1.165, 1.54) is 0 Å². The smallest absolute Gasteiger partial charge is 0.142 e. The van der Waals surface area contributed by atoms with Gasteiger partial charge in [-0.25, -0.2) is 4.98 Å². The molecule has 136 valence electrons. The summed E-state index contributed by atoms with van der Waals surface area (Å²) in [6.07, 6.45) is 0.434. The molecule has 2 aromatic heterocycles. The van der Waals surface area contributed by atoms with Crippen LogP contribution in [-0.2, 0) is 20.0 Å². The van der Waals surface area contributed by atoms with Gasteiger partial charge < -0.3 is 20.4 Å². The number of benzene rings is 1. The van der Waals surface area contributed by atoms with Gasteiger partial charge in [0, 0.05) is 39.2 Å². The van der Waals surface area contributed by atoms with Gasteiger partial charge in [0.1, 0.15) is 17.4 Å². The quantitative estimate of drug-likeness (QED) is 0.651. The number of phenolic OH excluding ortho intramolecular Hbond substituents is 1. The second kappa shape index (κ2) is 6.49. The lowest BCUT2D eigenvalue weighted by molar-refractivity contribution is 0.208. The molecule has 1 aliphatic rings. The van der Waals surface area contributed by atoms with Crippen LogP contribution in [0.3, 0.4) is 0 Å². The van der Waals surface area contributed by atoms with E-state index in [-0.39, 0.29) is 5.75 Å². The van der Waals surface area contributed by atoms with Crippen LogP contribution < -0.4 is 10.2 Å². The number of nitrogens with one attached hydrogen (secondary N) is 1. The first-order valence-corrected chi connectivity index (χ1v) is 8.82. The zero-order chi connectivity index (χ0) is 18.3. The van der Waals surface area contributed by atoms with Crippen molar-refractivity contribution in [1.82, 2.24) is 14.8 Å². The maximum atomic E-state index is 9.55. The Balaban J connectivity index is 1.73. The Kier molecular flexibility index (Phi) is 4.16. The molecule has 3 heterocycles. The van der Waals surface area contributed by atoms with E-state index in [9.17, 15) is 10.2 Å². The van der Waals surface area contributed by atoms with Crippen molar-refractivity contribution in [1.29, 1.82) is 0 Å². The summed E-state index contributed by atoms with van der Waals surface area (Å²) in [5.74, 6) is 1.92. The Hall–Kier alpha value is -2.80. The number of hydrogen-bond acceptors (Lipinski definition) is 6. The average molecular weight is 353 g/mol. The molecule has 0 radical (unpaired) electrons. The molecule has 0 fully saturated rings. The maximum Gasteiger partial charge on any atom is 0.142 e. The molecule has 7 nitrogen and oxygen atoms in total. The highest BCUT2D eigenvalue weighted by Crippen LogP contribution is 2.34. The molecule has 26 heavy (non-hydrogen) atoms. The normalized spacial score (nSPS) is 14.7. The standard InChI is InChI=1S/C19H23N5O2/c1-12(25)10-20-17-9-16-18-15(22-23(16)2)7-8-24(19(18)21-17)11-13-3-5-14(26)6-4-13/h3-6,9,12,25-26H,7-8,10-11H2,1-2H3,(H,20,21). The molecule has 0 bridgehead atoms. The van der Waals surface area contributed by atoms with Crippen LogP contribution in [0.15, 0.2) is 30.3 Å². The van der Waals surface area contributed by atoms with E-state index in [2.05, 4.69) is 15.3 Å². The van der Waals surface area contributed by atoms with Gasteiger partial charge in [-0.05, 0) is 24.6 Å². The van der Waals surface area contributed by atoms with Crippen molar-refractivity contribution in [2.24, 2.45) is 7.05 Å². The van der Waals surface area contributed by atoms with E-state index < -0.39 is 6.10 Å². The minimum absolute atomic E-state index is 0.270. The van der Waals surface area contributed by atoms with Crippen molar-refractivity contribution in [3.8, 4) is 5.75 Å². The Morgan fingerprint density at radius 1 is 1.27 bits per heavy atom. The van der Waals surface area contributed by atoms with Crippen molar-refractivity contribution in [2.45, 2.75) is 26.0 Å². The van der Waals surface area contributed by atoms with Crippen LogP contribution in [0.4, 0.5) is 11.6 Å². The van der Waals surface area contributed by atoms with E-state index in [0.29, 0.717) is 6.54 Å². The zero-order valence-electron chi connectivity index (χ0n) is 15.0. The minimum atomic E-state index is -0.445. The first kappa shape index (κ1) is 16.7. The summed E-state index contributed by atoms with van der Waals surface area (Å²) >= 11 is 0. The molecule has 4 rings (SSSR count). The van der Waals surface area contributed by atoms with E-state index in [1.807, 2.05) is 29.9 Å². The van der Waals surface area contributed by atoms with Crippen molar-refractivity contribution < 1.29 is 10.2 Å². The van der Waals surface area contributed by atoms with Crippen molar-refractivity contribution in [3.05, 3.63) is 41.6 Å². The molecule has 3 aromatic rings. The van der Waals surface area contributed by atoms with E-state index in [4.69, 9.17) is 4.98 Å². The van der Waals surface area contributed by atoms with Gasteiger partial charge in [0.15, 0.2) is 0 Å². The first-order chi connectivity index (χ1) is 12.5. The van der Waals surface area contributed by atoms with Crippen LogP contribution in [0, 0.1) is 0 Å². The second-order valence-electron chi connectivity index (χ2n) is 6.86. The molecular weight excluding hydrogens is 330 g/mol. The summed E-state index contributed by atoms with van der Waals surface area (Å²) in [5, 5.41) is 28.0. The van der Waals surface area contributed by atoms with Crippen LogP contribution >= 0.6 is 0 Å². The van der Waals surface area contributed by atoms with Gasteiger partial charge in [-0.2, -0.15) is 5.10 Å². The third-order valence-corrected chi connectivity index (χ3v) is 4.69. The van der Waals surface area contributed by atoms with E-state index >= 15 is 0 Å². The molecule has 0 saturated carbocycles. The highest BCUT2D eigenvalue weighted by Gasteiger charge is 2.25. The number of anilines is 2. The fraction of sp³-hybridized carbons (Fsp3) is 0.368. The van der Waals surface area contributed by atoms with Gasteiger partial charge in [-0.15, -0.1) is 0 Å². The monoisotopic (exact) mass is 353 g/mol. The maximum absolute atomic E-state index is 9.55. The highest BCUT2D eigenvalue weighted by molar-refractivity contribution is 5.95. The highest BCUT2D eigenvalue weighted by atomic mass is 16.3. The molecular formula is C19H23N5O2. The number of aromatic hydroxyl groups is 1. The average Bonchev–Trinajstić information content (AvgIpc) is 2.94. The third-order valence-electron chi connectivity index (χ3n) is 4.69. The topological polar surface area (TPSA) is 86.4 Å². The summed E-state index contributed by atoms with van der Waals surface area (Å²) in [6.45, 7) is 3.75. The number of hydrogen-bond donors (Lipinski definition) is 3. The van der Waals surface area contributed by atoms with Crippen LogP contribution in [0.2, 0.25) is 0 Å². The Bertz CT molecular complexity index is 933. The number of aliphatic hydroxyl groups excluding tert-OH is 1. The van der Waals surface area contributed by atoms with Gasteiger partial charge in [0.05, 0.1) is 22.7 Å². The fourth-order valence-corrected chi connectivity index (χ4v) is 3.40. The lowest BCUT2D eigenvalue weighted by atomic mass is 10.1. The lowest BCUT2D eigenvalue weighted by Gasteiger charge is -2.28. The summed E-state index contributed by atoms with van der Waals surface area (Å²) in [6, 6.07) is 9.26. The molecule has 1 atom stereocenters. The number of rotatable bonds is 5. The Morgan fingerprint density at radius 3 is 2.77 bits per heavy atom. The van der Waals surface area contributed by atoms with E-state index in [1.54, 1.807) is 19.1 Å². The predicted molar refractivity (Wildman–Crippen MR) is 102 cm³/mol. The molecule has 1 unspecified atom stereocenters. The first-order valence-electron chi connectivity index (χ1n) is 8.82. The fourth-order valence-electron chi connectivity index (χ4n) is 3.40. The number of aliphatic hydroxyl groups is 1. The molecule has 7 heteroatoms.